The van der Waals surface area contributed by atoms with E-state index in [0.717, 1.165) is 34.9 Å². The number of nitrogen functional groups attached to an aromatic ring is 1. The molecule has 0 radical (unpaired) electrons. The third kappa shape index (κ3) is 1.48. The predicted octanol–water partition coefficient (Wildman–Crippen LogP) is 1.96. The molecule has 16 heavy (non-hydrogen) atoms. The number of fused-ring (bicyclic) bond motifs is 1. The van der Waals surface area contributed by atoms with Crippen molar-refractivity contribution in [1.82, 2.24) is 9.55 Å². The van der Waals surface area contributed by atoms with Crippen LogP contribution in [0.2, 0.25) is 0 Å². The Morgan fingerprint density at radius 1 is 1.31 bits per heavy atom. The van der Waals surface area contributed by atoms with Crippen molar-refractivity contribution >= 4 is 33.9 Å². The molecule has 0 saturated carbocycles. The van der Waals surface area contributed by atoms with Gasteiger partial charge in [-0.1, -0.05) is 23.9 Å². The van der Waals surface area contributed by atoms with Gasteiger partial charge in [0.1, 0.15) is 0 Å². The third-order valence-electron chi connectivity index (χ3n) is 2.56. The van der Waals surface area contributed by atoms with Crippen LogP contribution in [0, 0.1) is 0 Å². The van der Waals surface area contributed by atoms with Gasteiger partial charge in [0, 0.05) is 12.3 Å². The number of anilines is 1. The van der Waals surface area contributed by atoms with Crippen molar-refractivity contribution in [2.24, 2.45) is 4.99 Å². The first kappa shape index (κ1) is 9.72. The number of aliphatic imine (C=N–C) groups is 1. The average molecular weight is 232 g/mol. The van der Waals surface area contributed by atoms with Crippen molar-refractivity contribution < 1.29 is 0 Å². The molecule has 1 aromatic heterocycles. The van der Waals surface area contributed by atoms with E-state index in [-0.39, 0.29) is 0 Å². The average Bonchev–Trinajstić information content (AvgIpc) is 2.66. The molecule has 1 aliphatic heterocycles. The maximum atomic E-state index is 5.94. The number of thioether (sulfide) groups is 1. The van der Waals surface area contributed by atoms with E-state index in [4.69, 9.17) is 5.73 Å². The maximum Gasteiger partial charge on any atom is 0.207 e. The van der Waals surface area contributed by atoms with Crippen LogP contribution in [0.15, 0.2) is 29.3 Å². The van der Waals surface area contributed by atoms with Gasteiger partial charge in [-0.15, -0.1) is 0 Å². The van der Waals surface area contributed by atoms with Crippen LogP contribution in [0.5, 0.6) is 0 Å². The van der Waals surface area contributed by atoms with E-state index in [2.05, 4.69) is 9.98 Å². The number of hydrogen-bond donors (Lipinski definition) is 1. The van der Waals surface area contributed by atoms with Crippen molar-refractivity contribution in [2.45, 2.75) is 6.42 Å². The van der Waals surface area contributed by atoms with Crippen LogP contribution in [0.25, 0.3) is 11.0 Å². The summed E-state index contributed by atoms with van der Waals surface area (Å²) in [5, 5.41) is 0.970. The summed E-state index contributed by atoms with van der Waals surface area (Å²) in [5.74, 6) is 1.62. The molecule has 3 rings (SSSR count). The maximum absolute atomic E-state index is 5.94. The fourth-order valence-electron chi connectivity index (χ4n) is 1.83. The van der Waals surface area contributed by atoms with Gasteiger partial charge in [0.15, 0.2) is 5.17 Å². The van der Waals surface area contributed by atoms with Crippen molar-refractivity contribution in [3.05, 3.63) is 24.3 Å². The van der Waals surface area contributed by atoms with Crippen LogP contribution >= 0.6 is 11.8 Å². The predicted molar refractivity (Wildman–Crippen MR) is 68.9 cm³/mol. The van der Waals surface area contributed by atoms with Gasteiger partial charge in [0.2, 0.25) is 5.95 Å². The number of benzene rings is 1. The highest BCUT2D eigenvalue weighted by Crippen LogP contribution is 2.23. The van der Waals surface area contributed by atoms with Gasteiger partial charge in [-0.3, -0.25) is 9.56 Å². The van der Waals surface area contributed by atoms with E-state index in [1.165, 1.54) is 0 Å². The zero-order valence-corrected chi connectivity index (χ0v) is 9.57. The van der Waals surface area contributed by atoms with Crippen LogP contribution < -0.4 is 5.73 Å². The van der Waals surface area contributed by atoms with E-state index >= 15 is 0 Å². The normalized spacial score (nSPS) is 16.4. The lowest BCUT2D eigenvalue weighted by atomic mass is 10.3. The van der Waals surface area contributed by atoms with Gasteiger partial charge in [-0.2, -0.15) is 0 Å². The standard InChI is InChI=1S/C11H12N4S/c12-10-14-8-4-1-2-5-9(8)15(10)11-13-6-3-7-16-11/h1-2,4-5H,3,6-7H2,(H2,12,14). The van der Waals surface area contributed by atoms with Gasteiger partial charge < -0.3 is 5.73 Å². The zero-order chi connectivity index (χ0) is 11.0. The monoisotopic (exact) mass is 232 g/mol. The van der Waals surface area contributed by atoms with E-state index in [1.54, 1.807) is 11.8 Å². The van der Waals surface area contributed by atoms with Gasteiger partial charge in [0.05, 0.1) is 11.0 Å². The van der Waals surface area contributed by atoms with Crippen LogP contribution in [0.3, 0.4) is 0 Å². The quantitative estimate of drug-likeness (QED) is 0.755. The molecule has 0 saturated heterocycles. The first-order valence-electron chi connectivity index (χ1n) is 5.27. The molecule has 0 fully saturated rings. The Labute approximate surface area is 97.6 Å². The highest BCUT2D eigenvalue weighted by molar-refractivity contribution is 8.13. The van der Waals surface area contributed by atoms with Gasteiger partial charge in [-0.25, -0.2) is 4.98 Å². The SMILES string of the molecule is Nc1nc2ccccc2n1C1=NCCCS1. The lowest BCUT2D eigenvalue weighted by molar-refractivity contribution is 0.927. The van der Waals surface area contributed by atoms with Crippen LogP contribution in [-0.4, -0.2) is 27.0 Å². The Bertz CT molecular complexity index is 558. The number of hydrogen-bond acceptors (Lipinski definition) is 4. The lowest BCUT2D eigenvalue weighted by Crippen LogP contribution is -2.15. The number of para-hydroxylation sites is 2. The molecule has 1 aromatic carbocycles. The van der Waals surface area contributed by atoms with Gasteiger partial charge >= 0.3 is 0 Å². The van der Waals surface area contributed by atoms with Crippen molar-refractivity contribution in [1.29, 1.82) is 0 Å². The van der Waals surface area contributed by atoms with Gasteiger partial charge in [-0.05, 0) is 18.6 Å². The molecule has 2 aromatic rings. The Morgan fingerprint density at radius 3 is 3.00 bits per heavy atom. The molecule has 2 heterocycles. The van der Waals surface area contributed by atoms with E-state index in [1.807, 2.05) is 28.8 Å². The Balaban J connectivity index is 2.21. The van der Waals surface area contributed by atoms with Crippen LogP contribution in [0.4, 0.5) is 5.95 Å². The Hall–Kier alpha value is -1.49. The minimum absolute atomic E-state index is 0.523. The summed E-state index contributed by atoms with van der Waals surface area (Å²) >= 11 is 1.74. The topological polar surface area (TPSA) is 56.2 Å². The molecule has 82 valence electrons. The summed E-state index contributed by atoms with van der Waals surface area (Å²) in [6.07, 6.45) is 1.14. The van der Waals surface area contributed by atoms with Crippen molar-refractivity contribution in [3.8, 4) is 0 Å². The summed E-state index contributed by atoms with van der Waals surface area (Å²) in [4.78, 5) is 8.84. The lowest BCUT2D eigenvalue weighted by Gasteiger charge is -2.13. The first-order valence-corrected chi connectivity index (χ1v) is 6.25. The second-order valence-electron chi connectivity index (χ2n) is 3.66. The molecule has 5 heteroatoms. The molecule has 0 amide bonds. The number of aromatic nitrogens is 2. The highest BCUT2D eigenvalue weighted by atomic mass is 32.2. The molecule has 0 bridgehead atoms. The van der Waals surface area contributed by atoms with Crippen LogP contribution in [0.1, 0.15) is 6.42 Å². The molecule has 4 nitrogen and oxygen atoms in total. The number of rotatable bonds is 0. The zero-order valence-electron chi connectivity index (χ0n) is 8.76. The summed E-state index contributed by atoms with van der Waals surface area (Å²) in [7, 11) is 0. The molecule has 0 unspecified atom stereocenters. The second-order valence-corrected chi connectivity index (χ2v) is 4.72. The van der Waals surface area contributed by atoms with Crippen molar-refractivity contribution in [2.75, 3.05) is 18.0 Å². The summed E-state index contributed by atoms with van der Waals surface area (Å²) < 4.78 is 1.94. The van der Waals surface area contributed by atoms with E-state index in [9.17, 15) is 0 Å². The second kappa shape index (κ2) is 3.83. The smallest absolute Gasteiger partial charge is 0.207 e. The number of nitrogens with zero attached hydrogens (tertiary/aromatic N) is 3. The van der Waals surface area contributed by atoms with Gasteiger partial charge in [0.25, 0.3) is 0 Å². The highest BCUT2D eigenvalue weighted by Gasteiger charge is 2.15. The first-order chi connectivity index (χ1) is 7.86. The van der Waals surface area contributed by atoms with E-state index in [0.29, 0.717) is 5.95 Å². The fourth-order valence-corrected chi connectivity index (χ4v) is 2.79. The fraction of sp³-hybridized carbons (Fsp3) is 0.273. The molecular weight excluding hydrogens is 220 g/mol. The number of nitrogens with two attached hydrogens (primary N) is 1. The molecule has 1 aliphatic rings. The number of imidazole rings is 1. The third-order valence-corrected chi connectivity index (χ3v) is 3.62. The van der Waals surface area contributed by atoms with E-state index < -0.39 is 0 Å². The molecule has 0 atom stereocenters. The van der Waals surface area contributed by atoms with Crippen molar-refractivity contribution in [3.63, 3.8) is 0 Å². The molecule has 0 spiro atoms. The molecular formula is C11H12N4S. The summed E-state index contributed by atoms with van der Waals surface area (Å²) in [6, 6.07) is 7.95. The van der Waals surface area contributed by atoms with Crippen LogP contribution in [-0.2, 0) is 0 Å². The molecule has 0 aliphatic carbocycles. The Kier molecular flexibility index (Phi) is 2.32. The minimum Gasteiger partial charge on any atom is -0.369 e. The minimum atomic E-state index is 0.523. The largest absolute Gasteiger partial charge is 0.369 e. The Morgan fingerprint density at radius 2 is 2.19 bits per heavy atom. The summed E-state index contributed by atoms with van der Waals surface area (Å²) in [5.41, 5.74) is 7.90. The summed E-state index contributed by atoms with van der Waals surface area (Å²) in [6.45, 7) is 0.883. The molecule has 2 N–H and O–H groups in total.